The van der Waals surface area contributed by atoms with E-state index >= 15 is 0 Å². The molecule has 3 aromatic rings. The Balaban J connectivity index is 1.80. The maximum absolute atomic E-state index is 11.9. The largest absolute Gasteiger partial charge is 0.383 e. The summed E-state index contributed by atoms with van der Waals surface area (Å²) in [5.74, 6) is -0.267. The van der Waals surface area contributed by atoms with Gasteiger partial charge in [0.25, 0.3) is 0 Å². The Morgan fingerprint density at radius 2 is 2.09 bits per heavy atom. The van der Waals surface area contributed by atoms with Crippen LogP contribution in [0.15, 0.2) is 48.8 Å². The highest BCUT2D eigenvalue weighted by Gasteiger charge is 2.13. The molecule has 4 N–H and O–H groups in total. The van der Waals surface area contributed by atoms with Crippen LogP contribution in [0, 0.1) is 0 Å². The molecule has 118 valence electrons. The summed E-state index contributed by atoms with van der Waals surface area (Å²) in [5.41, 5.74) is 9.39. The molecule has 0 fully saturated rings. The molecule has 0 bridgehead atoms. The zero-order valence-electron chi connectivity index (χ0n) is 12.7. The summed E-state index contributed by atoms with van der Waals surface area (Å²) < 4.78 is 4.88. The molecule has 0 saturated carbocycles. The molecule has 1 amide bonds. The van der Waals surface area contributed by atoms with Crippen LogP contribution < -0.4 is 11.1 Å². The number of fused-ring (bicyclic) bond motifs is 1. The second-order valence-corrected chi connectivity index (χ2v) is 5.23. The van der Waals surface area contributed by atoms with Crippen molar-refractivity contribution in [1.82, 2.24) is 9.97 Å². The lowest BCUT2D eigenvalue weighted by molar-refractivity contribution is -0.118. The van der Waals surface area contributed by atoms with Crippen LogP contribution in [0.1, 0.15) is 0 Å². The van der Waals surface area contributed by atoms with Crippen molar-refractivity contribution in [1.29, 1.82) is 0 Å². The zero-order valence-corrected chi connectivity index (χ0v) is 12.7. The molecule has 0 saturated heterocycles. The number of nitrogens with zero attached hydrogens (tertiary/aromatic N) is 1. The summed E-state index contributed by atoms with van der Waals surface area (Å²) in [7, 11) is 1.51. The topological polar surface area (TPSA) is 93.0 Å². The Morgan fingerprint density at radius 1 is 1.30 bits per heavy atom. The van der Waals surface area contributed by atoms with E-state index in [1.54, 1.807) is 6.20 Å². The third-order valence-electron chi connectivity index (χ3n) is 3.61. The van der Waals surface area contributed by atoms with E-state index in [2.05, 4.69) is 15.3 Å². The first-order valence-corrected chi connectivity index (χ1v) is 7.27. The summed E-state index contributed by atoms with van der Waals surface area (Å²) in [6.07, 6.45) is 3.64. The Kier molecular flexibility index (Phi) is 4.36. The van der Waals surface area contributed by atoms with Crippen molar-refractivity contribution in [3.8, 4) is 11.1 Å². The van der Waals surface area contributed by atoms with E-state index in [9.17, 15) is 4.79 Å². The van der Waals surface area contributed by atoms with Gasteiger partial charge in [-0.3, -0.25) is 4.79 Å². The smallest absolute Gasteiger partial charge is 0.243 e. The average molecular weight is 310 g/mol. The van der Waals surface area contributed by atoms with Crippen LogP contribution in [-0.2, 0) is 9.53 Å². The number of carbonyl (C=O) groups is 1. The molecular weight excluding hydrogens is 292 g/mol. The summed E-state index contributed by atoms with van der Waals surface area (Å²) in [6, 6.07) is 10.9. The second-order valence-electron chi connectivity index (χ2n) is 5.23. The molecule has 23 heavy (non-hydrogen) atoms. The quantitative estimate of drug-likeness (QED) is 0.673. The van der Waals surface area contributed by atoms with E-state index in [0.29, 0.717) is 5.69 Å². The molecule has 0 aliphatic heterocycles. The molecule has 3 rings (SSSR count). The number of ether oxygens (including phenoxy) is 1. The van der Waals surface area contributed by atoms with Gasteiger partial charge in [0.15, 0.2) is 0 Å². The fourth-order valence-corrected chi connectivity index (χ4v) is 2.44. The molecule has 2 aromatic heterocycles. The lowest BCUT2D eigenvalue weighted by atomic mass is 10.0. The number of nitrogens with one attached hydrogen (secondary N) is 2. The molecule has 1 aromatic carbocycles. The summed E-state index contributed by atoms with van der Waals surface area (Å²) >= 11 is 0. The number of carbonyl (C=O) groups excluding carboxylic acids is 1. The molecule has 0 spiro atoms. The van der Waals surface area contributed by atoms with Crippen LogP contribution in [-0.4, -0.2) is 35.6 Å². The first-order valence-electron chi connectivity index (χ1n) is 7.27. The van der Waals surface area contributed by atoms with Gasteiger partial charge in [0.1, 0.15) is 11.7 Å². The van der Waals surface area contributed by atoms with Gasteiger partial charge in [-0.15, -0.1) is 0 Å². The van der Waals surface area contributed by atoms with Crippen molar-refractivity contribution >= 4 is 22.6 Å². The van der Waals surface area contributed by atoms with Gasteiger partial charge in [-0.05, 0) is 35.4 Å². The van der Waals surface area contributed by atoms with Crippen molar-refractivity contribution in [3.63, 3.8) is 0 Å². The number of benzene rings is 1. The van der Waals surface area contributed by atoms with E-state index in [1.165, 1.54) is 7.11 Å². The minimum Gasteiger partial charge on any atom is -0.383 e. The highest BCUT2D eigenvalue weighted by molar-refractivity contribution is 5.96. The van der Waals surface area contributed by atoms with Crippen molar-refractivity contribution < 1.29 is 9.53 Å². The van der Waals surface area contributed by atoms with Gasteiger partial charge in [-0.2, -0.15) is 0 Å². The number of hydrogen-bond acceptors (Lipinski definition) is 4. The number of aromatic amines is 1. The minimum absolute atomic E-state index is 0.187. The van der Waals surface area contributed by atoms with E-state index in [1.807, 2.05) is 42.6 Å². The summed E-state index contributed by atoms with van der Waals surface area (Å²) in [6.45, 7) is 0.187. The Morgan fingerprint density at radius 3 is 2.83 bits per heavy atom. The number of pyridine rings is 1. The van der Waals surface area contributed by atoms with Crippen molar-refractivity contribution in [3.05, 3.63) is 48.8 Å². The standard InChI is InChI=1S/C17H18N4O2/c1-23-10-15(18)17(22)21-12-4-2-11(3-5-12)13-6-8-19-16-14(13)7-9-20-16/h2-9,15H,10,18H2,1H3,(H,19,20)(H,21,22)/t15-/m0/s1. The number of H-pyrrole nitrogens is 1. The van der Waals surface area contributed by atoms with Crippen LogP contribution in [0.4, 0.5) is 5.69 Å². The molecule has 0 unspecified atom stereocenters. The molecule has 2 heterocycles. The number of hydrogen-bond donors (Lipinski definition) is 3. The number of aromatic nitrogens is 2. The predicted octanol–water partition coefficient (Wildman–Crippen LogP) is 2.14. The highest BCUT2D eigenvalue weighted by Crippen LogP contribution is 2.27. The van der Waals surface area contributed by atoms with E-state index in [0.717, 1.165) is 22.2 Å². The monoisotopic (exact) mass is 310 g/mol. The minimum atomic E-state index is -0.681. The fourth-order valence-electron chi connectivity index (χ4n) is 2.44. The zero-order chi connectivity index (χ0) is 16.2. The fraction of sp³-hybridized carbons (Fsp3) is 0.176. The van der Waals surface area contributed by atoms with Crippen LogP contribution in [0.3, 0.4) is 0 Å². The first kappa shape index (κ1) is 15.2. The van der Waals surface area contributed by atoms with Crippen LogP contribution in [0.2, 0.25) is 0 Å². The van der Waals surface area contributed by atoms with Crippen molar-refractivity contribution in [2.24, 2.45) is 5.73 Å². The number of methoxy groups -OCH3 is 1. The Bertz CT molecular complexity index is 811. The van der Waals surface area contributed by atoms with Crippen molar-refractivity contribution in [2.45, 2.75) is 6.04 Å². The maximum Gasteiger partial charge on any atom is 0.243 e. The number of amides is 1. The molecule has 1 atom stereocenters. The molecule has 0 radical (unpaired) electrons. The molecule has 6 heteroatoms. The lowest BCUT2D eigenvalue weighted by Crippen LogP contribution is -2.39. The van der Waals surface area contributed by atoms with Crippen LogP contribution in [0.5, 0.6) is 0 Å². The SMILES string of the molecule is COC[C@H](N)C(=O)Nc1ccc(-c2ccnc3[nH]ccc23)cc1. The van der Waals surface area contributed by atoms with Gasteiger partial charge in [-0.25, -0.2) is 4.98 Å². The van der Waals surface area contributed by atoms with Gasteiger partial charge in [0.2, 0.25) is 5.91 Å². The number of nitrogens with two attached hydrogens (primary N) is 1. The summed E-state index contributed by atoms with van der Waals surface area (Å²) in [4.78, 5) is 19.2. The third-order valence-corrected chi connectivity index (χ3v) is 3.61. The number of rotatable bonds is 5. The lowest BCUT2D eigenvalue weighted by Gasteiger charge is -2.11. The van der Waals surface area contributed by atoms with Gasteiger partial charge >= 0.3 is 0 Å². The first-order chi connectivity index (χ1) is 11.2. The second kappa shape index (κ2) is 6.60. The van der Waals surface area contributed by atoms with E-state index in [-0.39, 0.29) is 12.5 Å². The summed E-state index contributed by atoms with van der Waals surface area (Å²) in [5, 5.41) is 3.84. The van der Waals surface area contributed by atoms with Crippen LogP contribution in [0.25, 0.3) is 22.2 Å². The van der Waals surface area contributed by atoms with E-state index in [4.69, 9.17) is 10.5 Å². The molecule has 6 nitrogen and oxygen atoms in total. The Hall–Kier alpha value is -2.70. The highest BCUT2D eigenvalue weighted by atomic mass is 16.5. The van der Waals surface area contributed by atoms with Gasteiger partial charge in [-0.1, -0.05) is 12.1 Å². The van der Waals surface area contributed by atoms with E-state index < -0.39 is 6.04 Å². The molecular formula is C17H18N4O2. The molecule has 0 aliphatic rings. The number of anilines is 1. The molecule has 0 aliphatic carbocycles. The van der Waals surface area contributed by atoms with Crippen molar-refractivity contribution in [2.75, 3.05) is 19.0 Å². The van der Waals surface area contributed by atoms with Crippen LogP contribution >= 0.6 is 0 Å². The third kappa shape index (κ3) is 3.23. The normalized spacial score (nSPS) is 12.3. The predicted molar refractivity (Wildman–Crippen MR) is 90.0 cm³/mol. The maximum atomic E-state index is 11.9. The van der Waals surface area contributed by atoms with Gasteiger partial charge in [0, 0.05) is 30.6 Å². The average Bonchev–Trinajstić information content (AvgIpc) is 3.04. The Labute approximate surface area is 133 Å². The van der Waals surface area contributed by atoms with Gasteiger partial charge < -0.3 is 20.8 Å². The van der Waals surface area contributed by atoms with Gasteiger partial charge in [0.05, 0.1) is 6.61 Å².